The van der Waals surface area contributed by atoms with Crippen LogP contribution >= 0.6 is 27.7 Å². The number of nitrogens with two attached hydrogens (primary N) is 1. The molecule has 0 saturated heterocycles. The van der Waals surface area contributed by atoms with E-state index in [-0.39, 0.29) is 0 Å². The number of rotatable bonds is 4. The number of hydrazine groups is 1. The van der Waals surface area contributed by atoms with Gasteiger partial charge in [-0.2, -0.15) is 0 Å². The fourth-order valence-electron chi connectivity index (χ4n) is 1.37. The van der Waals surface area contributed by atoms with Crippen molar-refractivity contribution >= 4 is 33.5 Å². The van der Waals surface area contributed by atoms with Crippen LogP contribution in [-0.2, 0) is 5.75 Å². The Kier molecular flexibility index (Phi) is 4.42. The summed E-state index contributed by atoms with van der Waals surface area (Å²) in [4.78, 5) is 5.30. The molecule has 0 aliphatic carbocycles. The molecule has 0 spiro atoms. The summed E-state index contributed by atoms with van der Waals surface area (Å²) in [5.74, 6) is 6.90. The van der Waals surface area contributed by atoms with E-state index in [9.17, 15) is 0 Å². The lowest BCUT2D eigenvalue weighted by atomic mass is 10.3. The molecule has 3 N–H and O–H groups in total. The van der Waals surface area contributed by atoms with Gasteiger partial charge in [-0.3, -0.25) is 0 Å². The van der Waals surface area contributed by atoms with Crippen molar-refractivity contribution in [1.29, 1.82) is 0 Å². The van der Waals surface area contributed by atoms with Gasteiger partial charge in [0.05, 0.1) is 0 Å². The van der Waals surface area contributed by atoms with Crippen LogP contribution in [0.2, 0.25) is 0 Å². The summed E-state index contributed by atoms with van der Waals surface area (Å²) in [6, 6.07) is 12.1. The quantitative estimate of drug-likeness (QED) is 0.516. The molecule has 0 unspecified atom stereocenters. The minimum Gasteiger partial charge on any atom is -0.308 e. The number of thioether (sulfide) groups is 1. The van der Waals surface area contributed by atoms with E-state index in [1.54, 1.807) is 18.0 Å². The molecule has 0 aliphatic heterocycles. The van der Waals surface area contributed by atoms with Gasteiger partial charge in [-0.15, -0.1) is 11.8 Å². The zero-order valence-corrected chi connectivity index (χ0v) is 11.5. The van der Waals surface area contributed by atoms with Crippen LogP contribution in [0.4, 0.5) is 5.82 Å². The third kappa shape index (κ3) is 3.46. The molecule has 1 aromatic carbocycles. The number of halogens is 1. The van der Waals surface area contributed by atoms with E-state index in [0.29, 0.717) is 5.82 Å². The van der Waals surface area contributed by atoms with E-state index in [0.717, 1.165) is 10.2 Å². The Morgan fingerprint density at radius 1 is 1.29 bits per heavy atom. The molecule has 5 heteroatoms. The topological polar surface area (TPSA) is 50.9 Å². The van der Waals surface area contributed by atoms with Crippen molar-refractivity contribution < 1.29 is 0 Å². The number of aromatic nitrogens is 1. The highest BCUT2D eigenvalue weighted by molar-refractivity contribution is 9.10. The van der Waals surface area contributed by atoms with E-state index >= 15 is 0 Å². The van der Waals surface area contributed by atoms with Gasteiger partial charge in [0.1, 0.15) is 5.82 Å². The molecule has 1 heterocycles. The molecule has 0 aliphatic rings. The van der Waals surface area contributed by atoms with Crippen LogP contribution < -0.4 is 11.3 Å². The Morgan fingerprint density at radius 2 is 2.12 bits per heavy atom. The standard InChI is InChI=1S/C12H12BrN3S/c13-10-3-1-2-4-11(10)17-8-9-5-6-15-12(7-9)16-14/h1-7H,8,14H2,(H,15,16). The largest absolute Gasteiger partial charge is 0.308 e. The SMILES string of the molecule is NNc1cc(CSc2ccccc2Br)ccn1. The van der Waals surface area contributed by atoms with Crippen LogP contribution in [0, 0.1) is 0 Å². The van der Waals surface area contributed by atoms with Crippen molar-refractivity contribution in [3.8, 4) is 0 Å². The Labute approximate surface area is 113 Å². The summed E-state index contributed by atoms with van der Waals surface area (Å²) in [6.45, 7) is 0. The fourth-order valence-corrected chi connectivity index (χ4v) is 2.88. The molecule has 1 aromatic heterocycles. The van der Waals surface area contributed by atoms with E-state index < -0.39 is 0 Å². The first kappa shape index (κ1) is 12.4. The lowest BCUT2D eigenvalue weighted by Crippen LogP contribution is -2.08. The van der Waals surface area contributed by atoms with E-state index in [4.69, 9.17) is 5.84 Å². The van der Waals surface area contributed by atoms with Gasteiger partial charge in [0.2, 0.25) is 0 Å². The zero-order chi connectivity index (χ0) is 12.1. The van der Waals surface area contributed by atoms with Crippen LogP contribution in [0.5, 0.6) is 0 Å². The van der Waals surface area contributed by atoms with Crippen LogP contribution in [-0.4, -0.2) is 4.98 Å². The minimum absolute atomic E-state index is 0.690. The Balaban J connectivity index is 2.05. The van der Waals surface area contributed by atoms with Gasteiger partial charge in [0.15, 0.2) is 0 Å². The van der Waals surface area contributed by atoms with Crippen molar-refractivity contribution in [2.24, 2.45) is 5.84 Å². The maximum absolute atomic E-state index is 5.32. The first-order valence-electron chi connectivity index (χ1n) is 5.08. The number of anilines is 1. The summed E-state index contributed by atoms with van der Waals surface area (Å²) in [5, 5.41) is 0. The molecule has 0 fully saturated rings. The van der Waals surface area contributed by atoms with E-state index in [2.05, 4.69) is 32.4 Å². The summed E-state index contributed by atoms with van der Waals surface area (Å²) in [5.41, 5.74) is 3.74. The van der Waals surface area contributed by atoms with E-state index in [1.165, 1.54) is 10.5 Å². The van der Waals surface area contributed by atoms with Crippen molar-refractivity contribution in [2.75, 3.05) is 5.43 Å². The highest BCUT2D eigenvalue weighted by Crippen LogP contribution is 2.29. The maximum atomic E-state index is 5.32. The third-order valence-electron chi connectivity index (χ3n) is 2.20. The predicted molar refractivity (Wildman–Crippen MR) is 75.8 cm³/mol. The Morgan fingerprint density at radius 3 is 2.88 bits per heavy atom. The molecular formula is C12H12BrN3S. The molecular weight excluding hydrogens is 298 g/mol. The molecule has 2 rings (SSSR count). The third-order valence-corrected chi connectivity index (χ3v) is 4.30. The normalized spacial score (nSPS) is 10.2. The van der Waals surface area contributed by atoms with Gasteiger partial charge in [0.25, 0.3) is 0 Å². The molecule has 3 nitrogen and oxygen atoms in total. The van der Waals surface area contributed by atoms with Gasteiger partial charge >= 0.3 is 0 Å². The second kappa shape index (κ2) is 6.05. The van der Waals surface area contributed by atoms with Crippen molar-refractivity contribution in [3.05, 3.63) is 52.6 Å². The molecule has 0 saturated carbocycles. The van der Waals surface area contributed by atoms with Gasteiger partial charge in [-0.1, -0.05) is 12.1 Å². The fraction of sp³-hybridized carbons (Fsp3) is 0.0833. The summed E-state index contributed by atoms with van der Waals surface area (Å²) < 4.78 is 1.12. The highest BCUT2D eigenvalue weighted by Gasteiger charge is 2.01. The van der Waals surface area contributed by atoms with E-state index in [1.807, 2.05) is 30.3 Å². The zero-order valence-electron chi connectivity index (χ0n) is 9.06. The Hall–Kier alpha value is -1.04. The smallest absolute Gasteiger partial charge is 0.140 e. The number of pyridine rings is 1. The van der Waals surface area contributed by atoms with Gasteiger partial charge in [-0.25, -0.2) is 10.8 Å². The van der Waals surface area contributed by atoms with Crippen molar-refractivity contribution in [2.45, 2.75) is 10.6 Å². The highest BCUT2D eigenvalue weighted by atomic mass is 79.9. The monoisotopic (exact) mass is 309 g/mol. The van der Waals surface area contributed by atoms with Crippen LogP contribution in [0.25, 0.3) is 0 Å². The second-order valence-electron chi connectivity index (χ2n) is 3.41. The Bertz CT molecular complexity index is 505. The van der Waals surface area contributed by atoms with Gasteiger partial charge < -0.3 is 5.43 Å². The number of hydrogen-bond donors (Lipinski definition) is 2. The first-order valence-corrected chi connectivity index (χ1v) is 6.86. The molecule has 88 valence electrons. The average molecular weight is 310 g/mol. The number of nitrogens with one attached hydrogen (secondary N) is 1. The molecule has 0 radical (unpaired) electrons. The summed E-state index contributed by atoms with van der Waals surface area (Å²) >= 11 is 5.31. The maximum Gasteiger partial charge on any atom is 0.140 e. The van der Waals surface area contributed by atoms with Gasteiger partial charge in [0, 0.05) is 21.3 Å². The number of nitrogen functional groups attached to an aromatic ring is 1. The molecule has 0 amide bonds. The van der Waals surface area contributed by atoms with Crippen LogP contribution in [0.15, 0.2) is 52.0 Å². The lowest BCUT2D eigenvalue weighted by molar-refractivity contribution is 1.20. The number of benzene rings is 1. The second-order valence-corrected chi connectivity index (χ2v) is 5.28. The molecule has 2 aromatic rings. The summed E-state index contributed by atoms with van der Waals surface area (Å²) in [6.07, 6.45) is 1.76. The summed E-state index contributed by atoms with van der Waals surface area (Å²) in [7, 11) is 0. The van der Waals surface area contributed by atoms with Crippen LogP contribution in [0.3, 0.4) is 0 Å². The number of nitrogens with zero attached hydrogens (tertiary/aromatic N) is 1. The minimum atomic E-state index is 0.690. The number of hydrogen-bond acceptors (Lipinski definition) is 4. The van der Waals surface area contributed by atoms with Crippen molar-refractivity contribution in [3.63, 3.8) is 0 Å². The molecule has 0 bridgehead atoms. The lowest BCUT2D eigenvalue weighted by Gasteiger charge is -2.05. The average Bonchev–Trinajstić information content (AvgIpc) is 2.38. The molecule has 17 heavy (non-hydrogen) atoms. The first-order chi connectivity index (χ1) is 8.29. The van der Waals surface area contributed by atoms with Crippen molar-refractivity contribution in [1.82, 2.24) is 4.98 Å². The van der Waals surface area contributed by atoms with Crippen LogP contribution in [0.1, 0.15) is 5.56 Å². The predicted octanol–water partition coefficient (Wildman–Crippen LogP) is 3.42. The van der Waals surface area contributed by atoms with Gasteiger partial charge in [-0.05, 0) is 45.8 Å². The molecule has 0 atom stereocenters.